The van der Waals surface area contributed by atoms with Crippen LogP contribution in [0.25, 0.3) is 0 Å². The first-order valence-electron chi connectivity index (χ1n) is 8.82. The van der Waals surface area contributed by atoms with Gasteiger partial charge in [-0.15, -0.1) is 11.3 Å². The fourth-order valence-corrected chi connectivity index (χ4v) is 4.38. The number of carbonyl (C=O) groups is 2. The molecule has 8 heteroatoms. The first kappa shape index (κ1) is 19.8. The summed E-state index contributed by atoms with van der Waals surface area (Å²) in [6, 6.07) is 15.4. The van der Waals surface area contributed by atoms with Gasteiger partial charge in [0.15, 0.2) is 6.61 Å². The standard InChI is InChI=1S/C21H16Cl2N2O3S/c22-13-3-6-15(7-4-13)28-12-20(27)25-11-19(26)24-17-8-5-14(23)10-16(17)21(25)18-2-1-9-29-18/h1-10,21H,11-12H2,(H,24,26). The maximum Gasteiger partial charge on any atom is 0.261 e. The SMILES string of the molecule is O=C1CN(C(=O)COc2ccc(Cl)cc2)C(c2cccs2)c2cc(Cl)ccc2N1. The lowest BCUT2D eigenvalue weighted by Gasteiger charge is -2.29. The number of hydrogen-bond acceptors (Lipinski definition) is 4. The van der Waals surface area contributed by atoms with Crippen LogP contribution in [0, 0.1) is 0 Å². The first-order valence-corrected chi connectivity index (χ1v) is 10.5. The Morgan fingerprint density at radius 3 is 2.62 bits per heavy atom. The largest absolute Gasteiger partial charge is 0.484 e. The van der Waals surface area contributed by atoms with Crippen molar-refractivity contribution in [2.75, 3.05) is 18.5 Å². The van der Waals surface area contributed by atoms with Gasteiger partial charge in [-0.3, -0.25) is 9.59 Å². The molecule has 1 aromatic heterocycles. The van der Waals surface area contributed by atoms with Crippen molar-refractivity contribution in [2.45, 2.75) is 6.04 Å². The van der Waals surface area contributed by atoms with E-state index in [9.17, 15) is 9.59 Å². The number of benzene rings is 2. The zero-order chi connectivity index (χ0) is 20.4. The van der Waals surface area contributed by atoms with Crippen LogP contribution in [-0.4, -0.2) is 29.9 Å². The molecular weight excluding hydrogens is 431 g/mol. The van der Waals surface area contributed by atoms with Gasteiger partial charge < -0.3 is 15.0 Å². The fraction of sp³-hybridized carbons (Fsp3) is 0.143. The van der Waals surface area contributed by atoms with Crippen molar-refractivity contribution in [1.82, 2.24) is 4.90 Å². The normalized spacial score (nSPS) is 16.0. The molecule has 29 heavy (non-hydrogen) atoms. The van der Waals surface area contributed by atoms with Gasteiger partial charge in [0, 0.05) is 26.2 Å². The van der Waals surface area contributed by atoms with Crippen LogP contribution < -0.4 is 10.1 Å². The second-order valence-corrected chi connectivity index (χ2v) is 8.31. The third-order valence-corrected chi connectivity index (χ3v) is 5.93. The Bertz CT molecular complexity index is 1040. The second kappa shape index (κ2) is 8.45. The summed E-state index contributed by atoms with van der Waals surface area (Å²) in [5.74, 6) is -0.0491. The molecule has 1 N–H and O–H groups in total. The quantitative estimate of drug-likeness (QED) is 0.612. The Morgan fingerprint density at radius 1 is 1.14 bits per heavy atom. The molecule has 4 rings (SSSR count). The highest BCUT2D eigenvalue weighted by Gasteiger charge is 2.34. The summed E-state index contributed by atoms with van der Waals surface area (Å²) in [6.45, 7) is -0.287. The molecule has 3 aromatic rings. The lowest BCUT2D eigenvalue weighted by molar-refractivity contribution is -0.138. The van der Waals surface area contributed by atoms with Crippen LogP contribution in [-0.2, 0) is 9.59 Å². The minimum atomic E-state index is -0.441. The minimum Gasteiger partial charge on any atom is -0.484 e. The highest BCUT2D eigenvalue weighted by molar-refractivity contribution is 7.10. The number of anilines is 1. The summed E-state index contributed by atoms with van der Waals surface area (Å²) in [4.78, 5) is 28.0. The molecule has 1 unspecified atom stereocenters. The zero-order valence-electron chi connectivity index (χ0n) is 15.1. The molecule has 1 aliphatic heterocycles. The van der Waals surface area contributed by atoms with E-state index in [2.05, 4.69) is 5.32 Å². The number of amides is 2. The summed E-state index contributed by atoms with van der Waals surface area (Å²) in [5, 5.41) is 5.92. The van der Waals surface area contributed by atoms with E-state index < -0.39 is 6.04 Å². The zero-order valence-corrected chi connectivity index (χ0v) is 17.4. The maximum atomic E-state index is 13.1. The third-order valence-electron chi connectivity index (χ3n) is 4.52. The molecule has 0 spiro atoms. The molecule has 0 saturated carbocycles. The van der Waals surface area contributed by atoms with E-state index in [1.165, 1.54) is 16.2 Å². The predicted molar refractivity (Wildman–Crippen MR) is 115 cm³/mol. The summed E-state index contributed by atoms with van der Waals surface area (Å²) < 4.78 is 5.63. The summed E-state index contributed by atoms with van der Waals surface area (Å²) in [6.07, 6.45) is 0. The Kier molecular flexibility index (Phi) is 5.76. The van der Waals surface area contributed by atoms with Gasteiger partial charge in [0.25, 0.3) is 5.91 Å². The van der Waals surface area contributed by atoms with Crippen LogP contribution in [0.15, 0.2) is 60.0 Å². The van der Waals surface area contributed by atoms with Crippen molar-refractivity contribution in [3.63, 3.8) is 0 Å². The van der Waals surface area contributed by atoms with E-state index in [-0.39, 0.29) is 25.0 Å². The highest BCUT2D eigenvalue weighted by Crippen LogP contribution is 2.39. The number of ether oxygens (including phenoxy) is 1. The van der Waals surface area contributed by atoms with Gasteiger partial charge in [-0.25, -0.2) is 0 Å². The van der Waals surface area contributed by atoms with Crippen molar-refractivity contribution >= 4 is 52.0 Å². The van der Waals surface area contributed by atoms with E-state index in [0.717, 1.165) is 10.4 Å². The second-order valence-electron chi connectivity index (χ2n) is 6.46. The molecular formula is C21H16Cl2N2O3S. The van der Waals surface area contributed by atoms with Crippen molar-refractivity contribution in [3.05, 3.63) is 80.5 Å². The number of carbonyl (C=O) groups excluding carboxylic acids is 2. The van der Waals surface area contributed by atoms with Gasteiger partial charge in [0.05, 0.1) is 6.04 Å². The fourth-order valence-electron chi connectivity index (χ4n) is 3.22. The van der Waals surface area contributed by atoms with Gasteiger partial charge in [0.1, 0.15) is 12.3 Å². The molecule has 0 bridgehead atoms. The van der Waals surface area contributed by atoms with Crippen molar-refractivity contribution < 1.29 is 14.3 Å². The number of nitrogens with one attached hydrogen (secondary N) is 1. The molecule has 1 atom stereocenters. The van der Waals surface area contributed by atoms with E-state index in [1.54, 1.807) is 42.5 Å². The van der Waals surface area contributed by atoms with Crippen molar-refractivity contribution in [3.8, 4) is 5.75 Å². The Balaban J connectivity index is 1.66. The number of hydrogen-bond donors (Lipinski definition) is 1. The molecule has 0 saturated heterocycles. The number of nitrogens with zero attached hydrogens (tertiary/aromatic N) is 1. The first-order chi connectivity index (χ1) is 14.0. The van der Waals surface area contributed by atoms with Crippen LogP contribution >= 0.6 is 34.5 Å². The van der Waals surface area contributed by atoms with Gasteiger partial charge in [-0.05, 0) is 53.9 Å². The molecule has 2 amide bonds. The third kappa shape index (κ3) is 4.40. The van der Waals surface area contributed by atoms with Gasteiger partial charge >= 0.3 is 0 Å². The Labute approximate surface area is 181 Å². The molecule has 0 radical (unpaired) electrons. The van der Waals surface area contributed by atoms with E-state index in [1.807, 2.05) is 17.5 Å². The topological polar surface area (TPSA) is 58.6 Å². The Morgan fingerprint density at radius 2 is 1.90 bits per heavy atom. The smallest absolute Gasteiger partial charge is 0.261 e. The van der Waals surface area contributed by atoms with Crippen molar-refractivity contribution in [1.29, 1.82) is 0 Å². The van der Waals surface area contributed by atoms with Gasteiger partial charge in [-0.2, -0.15) is 0 Å². The van der Waals surface area contributed by atoms with Crippen LogP contribution in [0.2, 0.25) is 10.0 Å². The average Bonchev–Trinajstić information content (AvgIpc) is 3.18. The molecule has 2 heterocycles. The molecule has 148 valence electrons. The van der Waals surface area contributed by atoms with Gasteiger partial charge in [0.2, 0.25) is 5.91 Å². The van der Waals surface area contributed by atoms with Crippen LogP contribution in [0.4, 0.5) is 5.69 Å². The summed E-state index contributed by atoms with van der Waals surface area (Å²) in [7, 11) is 0. The molecule has 1 aliphatic rings. The lowest BCUT2D eigenvalue weighted by atomic mass is 10.0. The number of rotatable bonds is 4. The lowest BCUT2D eigenvalue weighted by Crippen LogP contribution is -2.41. The number of fused-ring (bicyclic) bond motifs is 1. The molecule has 5 nitrogen and oxygen atoms in total. The molecule has 2 aromatic carbocycles. The molecule has 0 fully saturated rings. The number of thiophene rings is 1. The predicted octanol–water partition coefficient (Wildman–Crippen LogP) is 5.00. The summed E-state index contributed by atoms with van der Waals surface area (Å²) in [5.41, 5.74) is 1.41. The average molecular weight is 447 g/mol. The van der Waals surface area contributed by atoms with Gasteiger partial charge in [-0.1, -0.05) is 29.3 Å². The maximum absolute atomic E-state index is 13.1. The van der Waals surface area contributed by atoms with E-state index in [0.29, 0.717) is 21.5 Å². The number of halogens is 2. The van der Waals surface area contributed by atoms with E-state index in [4.69, 9.17) is 27.9 Å². The van der Waals surface area contributed by atoms with Crippen LogP contribution in [0.5, 0.6) is 5.75 Å². The Hall–Kier alpha value is -2.54. The monoisotopic (exact) mass is 446 g/mol. The molecule has 0 aliphatic carbocycles. The van der Waals surface area contributed by atoms with Crippen LogP contribution in [0.1, 0.15) is 16.5 Å². The van der Waals surface area contributed by atoms with E-state index >= 15 is 0 Å². The van der Waals surface area contributed by atoms with Crippen LogP contribution in [0.3, 0.4) is 0 Å². The van der Waals surface area contributed by atoms with Crippen molar-refractivity contribution in [2.24, 2.45) is 0 Å². The summed E-state index contributed by atoms with van der Waals surface area (Å²) >= 11 is 13.6. The highest BCUT2D eigenvalue weighted by atomic mass is 35.5. The minimum absolute atomic E-state index is 0.0856.